The van der Waals surface area contributed by atoms with Gasteiger partial charge in [0.15, 0.2) is 11.0 Å². The van der Waals surface area contributed by atoms with Crippen molar-refractivity contribution in [1.29, 1.82) is 0 Å². The van der Waals surface area contributed by atoms with Crippen molar-refractivity contribution in [3.05, 3.63) is 5.82 Å². The minimum atomic E-state index is -0.883. The van der Waals surface area contributed by atoms with Crippen LogP contribution in [0, 0.1) is 0 Å². The first-order valence-corrected chi connectivity index (χ1v) is 7.05. The van der Waals surface area contributed by atoms with E-state index in [4.69, 9.17) is 10.2 Å². The molecule has 7 heteroatoms. The maximum Gasteiger partial charge on any atom is 0.313 e. The van der Waals surface area contributed by atoms with E-state index < -0.39 is 5.97 Å². The number of hydrogen-bond donors (Lipinski definition) is 2. The average molecular weight is 273 g/mol. The standard InChI is InChI=1S/C11H19N3O3S/c1-2-3-4-5-6-14-9(7-15)12-13-11(14)18-8-10(16)17/h15H,2-8H2,1H3,(H,16,17). The fraction of sp³-hybridized carbons (Fsp3) is 0.727. The number of aliphatic hydroxyl groups is 1. The van der Waals surface area contributed by atoms with Crippen LogP contribution in [-0.4, -0.2) is 36.7 Å². The van der Waals surface area contributed by atoms with Crippen molar-refractivity contribution in [2.24, 2.45) is 0 Å². The first kappa shape index (κ1) is 15.0. The number of aliphatic carboxylic acids is 1. The van der Waals surface area contributed by atoms with Crippen molar-refractivity contribution in [2.45, 2.75) is 50.9 Å². The summed E-state index contributed by atoms with van der Waals surface area (Å²) < 4.78 is 1.81. The van der Waals surface area contributed by atoms with Crippen LogP contribution in [0.1, 0.15) is 38.4 Å². The molecule has 1 aromatic heterocycles. The van der Waals surface area contributed by atoms with E-state index in [-0.39, 0.29) is 12.4 Å². The lowest BCUT2D eigenvalue weighted by Crippen LogP contribution is -2.07. The number of thioether (sulfide) groups is 1. The number of carboxylic acids is 1. The second kappa shape index (κ2) is 8.10. The molecule has 0 aliphatic rings. The van der Waals surface area contributed by atoms with Gasteiger partial charge < -0.3 is 14.8 Å². The molecule has 0 atom stereocenters. The largest absolute Gasteiger partial charge is 0.481 e. The summed E-state index contributed by atoms with van der Waals surface area (Å²) in [6.45, 7) is 2.70. The third-order valence-electron chi connectivity index (χ3n) is 2.49. The number of aliphatic hydroxyl groups excluding tert-OH is 1. The van der Waals surface area contributed by atoms with Crippen LogP contribution in [0.5, 0.6) is 0 Å². The third kappa shape index (κ3) is 4.66. The topological polar surface area (TPSA) is 88.2 Å². The Morgan fingerprint density at radius 1 is 1.33 bits per heavy atom. The highest BCUT2D eigenvalue weighted by atomic mass is 32.2. The molecule has 102 valence electrons. The van der Waals surface area contributed by atoms with E-state index in [0.29, 0.717) is 11.0 Å². The quantitative estimate of drug-likeness (QED) is 0.524. The molecule has 1 rings (SSSR count). The third-order valence-corrected chi connectivity index (χ3v) is 3.45. The highest BCUT2D eigenvalue weighted by Crippen LogP contribution is 2.18. The number of unbranched alkanes of at least 4 members (excludes halogenated alkanes) is 3. The fourth-order valence-electron chi connectivity index (χ4n) is 1.59. The molecule has 0 amide bonds. The molecular formula is C11H19N3O3S. The summed E-state index contributed by atoms with van der Waals surface area (Å²) in [6.07, 6.45) is 4.44. The summed E-state index contributed by atoms with van der Waals surface area (Å²) in [5, 5.41) is 26.1. The number of hydrogen-bond acceptors (Lipinski definition) is 5. The normalized spacial score (nSPS) is 10.8. The van der Waals surface area contributed by atoms with E-state index in [0.717, 1.165) is 37.6 Å². The van der Waals surface area contributed by atoms with Crippen molar-refractivity contribution >= 4 is 17.7 Å². The predicted molar refractivity (Wildman–Crippen MR) is 68.4 cm³/mol. The van der Waals surface area contributed by atoms with Gasteiger partial charge in [-0.1, -0.05) is 37.9 Å². The summed E-state index contributed by atoms with van der Waals surface area (Å²) in [6, 6.07) is 0. The molecule has 18 heavy (non-hydrogen) atoms. The Bertz CT molecular complexity index is 382. The van der Waals surface area contributed by atoms with Gasteiger partial charge in [0.25, 0.3) is 0 Å². The molecule has 0 fully saturated rings. The summed E-state index contributed by atoms with van der Waals surface area (Å²) in [4.78, 5) is 10.5. The summed E-state index contributed by atoms with van der Waals surface area (Å²) >= 11 is 1.13. The zero-order chi connectivity index (χ0) is 13.4. The molecule has 0 saturated heterocycles. The molecule has 6 nitrogen and oxygen atoms in total. The lowest BCUT2D eigenvalue weighted by Gasteiger charge is -2.07. The summed E-state index contributed by atoms with van der Waals surface area (Å²) in [7, 11) is 0. The maximum atomic E-state index is 10.5. The number of nitrogens with zero attached hydrogens (tertiary/aromatic N) is 3. The monoisotopic (exact) mass is 273 g/mol. The minimum absolute atomic E-state index is 0.0431. The van der Waals surface area contributed by atoms with E-state index in [1.54, 1.807) is 0 Å². The zero-order valence-corrected chi connectivity index (χ0v) is 11.3. The van der Waals surface area contributed by atoms with E-state index >= 15 is 0 Å². The molecular weight excluding hydrogens is 254 g/mol. The van der Waals surface area contributed by atoms with Gasteiger partial charge >= 0.3 is 5.97 Å². The Morgan fingerprint density at radius 3 is 2.72 bits per heavy atom. The van der Waals surface area contributed by atoms with E-state index in [1.807, 2.05) is 4.57 Å². The Balaban J connectivity index is 2.60. The molecule has 0 unspecified atom stereocenters. The highest BCUT2D eigenvalue weighted by molar-refractivity contribution is 7.99. The van der Waals surface area contributed by atoms with Crippen LogP contribution in [-0.2, 0) is 17.9 Å². The Labute approximate surface area is 110 Å². The number of carboxylic acid groups (broad SMARTS) is 1. The molecule has 0 aliphatic heterocycles. The SMILES string of the molecule is CCCCCCn1c(CO)nnc1SCC(=O)O. The van der Waals surface area contributed by atoms with Gasteiger partial charge in [-0.25, -0.2) is 0 Å². The molecule has 0 aromatic carbocycles. The van der Waals surface area contributed by atoms with Crippen LogP contribution >= 0.6 is 11.8 Å². The lowest BCUT2D eigenvalue weighted by atomic mass is 10.2. The minimum Gasteiger partial charge on any atom is -0.481 e. The van der Waals surface area contributed by atoms with Gasteiger partial charge in [-0.2, -0.15) is 0 Å². The predicted octanol–water partition coefficient (Wildman–Crippen LogP) is 1.53. The van der Waals surface area contributed by atoms with Crippen molar-refractivity contribution in [3.63, 3.8) is 0 Å². The van der Waals surface area contributed by atoms with Gasteiger partial charge in [-0.05, 0) is 6.42 Å². The van der Waals surface area contributed by atoms with Crippen molar-refractivity contribution < 1.29 is 15.0 Å². The molecule has 2 N–H and O–H groups in total. The number of carbonyl (C=O) groups is 1. The Kier molecular flexibility index (Phi) is 6.74. The molecule has 0 saturated carbocycles. The maximum absolute atomic E-state index is 10.5. The Hall–Kier alpha value is -1.08. The van der Waals surface area contributed by atoms with Crippen LogP contribution in [0.25, 0.3) is 0 Å². The second-order valence-corrected chi connectivity index (χ2v) is 4.89. The van der Waals surface area contributed by atoms with Crippen molar-refractivity contribution in [3.8, 4) is 0 Å². The molecule has 0 radical (unpaired) electrons. The first-order chi connectivity index (χ1) is 8.69. The molecule has 1 aromatic rings. The highest BCUT2D eigenvalue weighted by Gasteiger charge is 2.12. The van der Waals surface area contributed by atoms with Crippen LogP contribution in [0.3, 0.4) is 0 Å². The van der Waals surface area contributed by atoms with Crippen LogP contribution in [0.15, 0.2) is 5.16 Å². The smallest absolute Gasteiger partial charge is 0.313 e. The van der Waals surface area contributed by atoms with Gasteiger partial charge in [-0.3, -0.25) is 4.79 Å². The van der Waals surface area contributed by atoms with E-state index in [1.165, 1.54) is 6.42 Å². The van der Waals surface area contributed by atoms with E-state index in [9.17, 15) is 4.79 Å². The van der Waals surface area contributed by atoms with Gasteiger partial charge in [0.2, 0.25) is 0 Å². The number of aromatic nitrogens is 3. The van der Waals surface area contributed by atoms with Crippen LogP contribution in [0.2, 0.25) is 0 Å². The lowest BCUT2D eigenvalue weighted by molar-refractivity contribution is -0.133. The van der Waals surface area contributed by atoms with Crippen LogP contribution < -0.4 is 0 Å². The Morgan fingerprint density at radius 2 is 2.11 bits per heavy atom. The van der Waals surface area contributed by atoms with Crippen LogP contribution in [0.4, 0.5) is 0 Å². The van der Waals surface area contributed by atoms with Gasteiger partial charge in [0, 0.05) is 6.54 Å². The second-order valence-electron chi connectivity index (χ2n) is 3.95. The van der Waals surface area contributed by atoms with Gasteiger partial charge in [-0.15, -0.1) is 10.2 Å². The molecule has 1 heterocycles. The molecule has 0 spiro atoms. The molecule has 0 bridgehead atoms. The number of rotatable bonds is 9. The first-order valence-electron chi connectivity index (χ1n) is 6.06. The van der Waals surface area contributed by atoms with Crippen molar-refractivity contribution in [1.82, 2.24) is 14.8 Å². The summed E-state index contributed by atoms with van der Waals surface area (Å²) in [5.41, 5.74) is 0. The summed E-state index contributed by atoms with van der Waals surface area (Å²) in [5.74, 6) is -0.427. The van der Waals surface area contributed by atoms with Crippen molar-refractivity contribution in [2.75, 3.05) is 5.75 Å². The average Bonchev–Trinajstić information content (AvgIpc) is 2.74. The van der Waals surface area contributed by atoms with Gasteiger partial charge in [0.1, 0.15) is 6.61 Å². The molecule has 0 aliphatic carbocycles. The fourth-order valence-corrected chi connectivity index (χ4v) is 2.29. The van der Waals surface area contributed by atoms with Gasteiger partial charge in [0.05, 0.1) is 5.75 Å². The van der Waals surface area contributed by atoms with E-state index in [2.05, 4.69) is 17.1 Å². The zero-order valence-electron chi connectivity index (χ0n) is 10.5.